The quantitative estimate of drug-likeness (QED) is 0.870. The van der Waals surface area contributed by atoms with Crippen LogP contribution in [0.4, 0.5) is 0 Å². The second-order valence-electron chi connectivity index (χ2n) is 8.54. The first-order valence-corrected chi connectivity index (χ1v) is 10.3. The van der Waals surface area contributed by atoms with Crippen LogP contribution in [0, 0.1) is 11.8 Å². The van der Waals surface area contributed by atoms with E-state index in [-0.39, 0.29) is 29.7 Å². The van der Waals surface area contributed by atoms with E-state index in [0.717, 1.165) is 31.2 Å². The molecule has 0 radical (unpaired) electrons. The van der Waals surface area contributed by atoms with Crippen molar-refractivity contribution in [1.82, 2.24) is 9.80 Å². The smallest absolute Gasteiger partial charge is 0.227 e. The minimum Gasteiger partial charge on any atom is -0.385 e. The topological polar surface area (TPSA) is 60.9 Å². The van der Waals surface area contributed by atoms with Crippen molar-refractivity contribution in [2.45, 2.75) is 56.6 Å². The van der Waals surface area contributed by atoms with Crippen molar-refractivity contribution in [2.24, 2.45) is 11.8 Å². The second kappa shape index (κ2) is 7.27. The molecule has 3 aliphatic rings. The van der Waals surface area contributed by atoms with Crippen molar-refractivity contribution in [1.29, 1.82) is 0 Å². The Morgan fingerprint density at radius 3 is 2.63 bits per heavy atom. The van der Waals surface area contributed by atoms with Gasteiger partial charge in [-0.05, 0) is 31.2 Å². The molecule has 27 heavy (non-hydrogen) atoms. The number of piperidine rings is 2. The molecule has 1 N–H and O–H groups in total. The highest BCUT2D eigenvalue weighted by atomic mass is 16.3. The van der Waals surface area contributed by atoms with Gasteiger partial charge in [0.2, 0.25) is 11.8 Å². The van der Waals surface area contributed by atoms with Crippen LogP contribution >= 0.6 is 0 Å². The highest BCUT2D eigenvalue weighted by molar-refractivity contribution is 5.84. The fraction of sp³-hybridized carbons (Fsp3) is 0.636. The molecule has 2 aliphatic heterocycles. The fourth-order valence-corrected chi connectivity index (χ4v) is 5.49. The van der Waals surface area contributed by atoms with Crippen molar-refractivity contribution in [2.75, 3.05) is 20.1 Å². The lowest BCUT2D eigenvalue weighted by Crippen LogP contribution is -2.60. The summed E-state index contributed by atoms with van der Waals surface area (Å²) in [7, 11) is 1.79. The van der Waals surface area contributed by atoms with Gasteiger partial charge in [-0.2, -0.15) is 0 Å². The van der Waals surface area contributed by atoms with E-state index in [1.165, 1.54) is 0 Å². The van der Waals surface area contributed by atoms with Gasteiger partial charge in [-0.3, -0.25) is 9.59 Å². The molecule has 1 aliphatic carbocycles. The third-order valence-electron chi connectivity index (χ3n) is 7.01. The molecule has 5 heteroatoms. The normalized spacial score (nSPS) is 34.3. The molecule has 4 rings (SSSR count). The zero-order valence-electron chi connectivity index (χ0n) is 16.1. The summed E-state index contributed by atoms with van der Waals surface area (Å²) < 4.78 is 0. The molecule has 2 amide bonds. The lowest BCUT2D eigenvalue weighted by Gasteiger charge is -2.53. The van der Waals surface area contributed by atoms with Crippen molar-refractivity contribution in [3.05, 3.63) is 35.9 Å². The Morgan fingerprint density at radius 1 is 1.15 bits per heavy atom. The molecule has 3 fully saturated rings. The van der Waals surface area contributed by atoms with Gasteiger partial charge in [-0.25, -0.2) is 0 Å². The third-order valence-corrected chi connectivity index (χ3v) is 7.01. The number of carbonyl (C=O) groups is 2. The molecule has 0 aromatic heterocycles. The van der Waals surface area contributed by atoms with E-state index in [1.54, 1.807) is 11.9 Å². The lowest BCUT2D eigenvalue weighted by molar-refractivity contribution is -0.160. The summed E-state index contributed by atoms with van der Waals surface area (Å²) >= 11 is 0. The van der Waals surface area contributed by atoms with Gasteiger partial charge in [0, 0.05) is 38.5 Å². The first-order valence-electron chi connectivity index (χ1n) is 10.3. The van der Waals surface area contributed by atoms with Gasteiger partial charge in [0.1, 0.15) is 0 Å². The van der Waals surface area contributed by atoms with Crippen LogP contribution in [0.15, 0.2) is 30.3 Å². The predicted molar refractivity (Wildman–Crippen MR) is 103 cm³/mol. The molecule has 1 aromatic carbocycles. The number of likely N-dealkylation sites (tertiary alicyclic amines) is 2. The van der Waals surface area contributed by atoms with E-state index in [4.69, 9.17) is 0 Å². The summed E-state index contributed by atoms with van der Waals surface area (Å²) in [6.45, 7) is 1.12. The largest absolute Gasteiger partial charge is 0.385 e. The van der Waals surface area contributed by atoms with E-state index in [0.29, 0.717) is 32.4 Å². The minimum atomic E-state index is -0.845. The number of hydrogen-bond donors (Lipinski definition) is 1. The van der Waals surface area contributed by atoms with E-state index < -0.39 is 5.60 Å². The summed E-state index contributed by atoms with van der Waals surface area (Å²) in [5.41, 5.74) is 0.139. The Kier molecular flexibility index (Phi) is 4.97. The Hall–Kier alpha value is -1.88. The third kappa shape index (κ3) is 3.27. The van der Waals surface area contributed by atoms with Gasteiger partial charge in [0.25, 0.3) is 0 Å². The first-order chi connectivity index (χ1) is 13.0. The molecule has 0 bridgehead atoms. The zero-order chi connectivity index (χ0) is 19.0. The highest BCUT2D eigenvalue weighted by Crippen LogP contribution is 2.47. The molecule has 4 atom stereocenters. The van der Waals surface area contributed by atoms with Gasteiger partial charge in [-0.15, -0.1) is 0 Å². The van der Waals surface area contributed by atoms with Crippen molar-refractivity contribution >= 4 is 11.8 Å². The zero-order valence-corrected chi connectivity index (χ0v) is 16.1. The van der Waals surface area contributed by atoms with Crippen LogP contribution in [-0.2, 0) is 15.2 Å². The van der Waals surface area contributed by atoms with Crippen molar-refractivity contribution in [3.63, 3.8) is 0 Å². The number of benzene rings is 1. The minimum absolute atomic E-state index is 0.0919. The van der Waals surface area contributed by atoms with Gasteiger partial charge >= 0.3 is 0 Å². The summed E-state index contributed by atoms with van der Waals surface area (Å²) in [6.07, 6.45) is 5.85. The van der Waals surface area contributed by atoms with Gasteiger partial charge in [0.05, 0.1) is 11.5 Å². The number of fused-ring (bicyclic) bond motifs is 1. The summed E-state index contributed by atoms with van der Waals surface area (Å²) in [6, 6.07) is 10.1. The number of rotatable bonds is 2. The van der Waals surface area contributed by atoms with E-state index in [9.17, 15) is 14.7 Å². The van der Waals surface area contributed by atoms with Gasteiger partial charge in [-0.1, -0.05) is 43.2 Å². The summed E-state index contributed by atoms with van der Waals surface area (Å²) in [5, 5.41) is 11.6. The van der Waals surface area contributed by atoms with Crippen molar-refractivity contribution in [3.8, 4) is 0 Å². The number of hydrogen-bond acceptors (Lipinski definition) is 3. The second-order valence-corrected chi connectivity index (χ2v) is 8.54. The molecule has 4 unspecified atom stereocenters. The van der Waals surface area contributed by atoms with Crippen molar-refractivity contribution < 1.29 is 14.7 Å². The van der Waals surface area contributed by atoms with Crippen LogP contribution in [0.1, 0.15) is 50.5 Å². The van der Waals surface area contributed by atoms with E-state index in [1.807, 2.05) is 30.3 Å². The molecule has 0 spiro atoms. The molecule has 1 aromatic rings. The molecule has 2 saturated heterocycles. The van der Waals surface area contributed by atoms with Crippen LogP contribution in [0.3, 0.4) is 0 Å². The maximum atomic E-state index is 13.3. The van der Waals surface area contributed by atoms with Crippen LogP contribution < -0.4 is 0 Å². The number of amides is 2. The predicted octanol–water partition coefficient (Wildman–Crippen LogP) is 2.53. The monoisotopic (exact) mass is 370 g/mol. The van der Waals surface area contributed by atoms with E-state index >= 15 is 0 Å². The van der Waals surface area contributed by atoms with Crippen LogP contribution in [0.2, 0.25) is 0 Å². The molecule has 2 heterocycles. The summed E-state index contributed by atoms with van der Waals surface area (Å²) in [4.78, 5) is 28.8. The Balaban J connectivity index is 1.57. The molecular weight excluding hydrogens is 340 g/mol. The van der Waals surface area contributed by atoms with Crippen LogP contribution in [-0.4, -0.2) is 52.9 Å². The lowest BCUT2D eigenvalue weighted by atomic mass is 9.66. The first kappa shape index (κ1) is 18.5. The number of aliphatic hydroxyl groups is 1. The van der Waals surface area contributed by atoms with Gasteiger partial charge < -0.3 is 14.9 Å². The molecule has 5 nitrogen and oxygen atoms in total. The Labute approximate surface area is 161 Å². The molecular formula is C22H30N2O3. The standard InChI is InChI=1S/C22H30N2O3/c1-23-15-16(11-12-20(23)25)21(26)24-14-13-22(27,17-7-3-2-4-8-17)18-9-5-6-10-19(18)24/h2-4,7-8,16,18-19,27H,5-6,9-15H2,1H3. The maximum Gasteiger partial charge on any atom is 0.227 e. The van der Waals surface area contributed by atoms with Crippen LogP contribution in [0.25, 0.3) is 0 Å². The molecule has 146 valence electrons. The Bertz CT molecular complexity index is 707. The molecule has 1 saturated carbocycles. The van der Waals surface area contributed by atoms with Crippen LogP contribution in [0.5, 0.6) is 0 Å². The average molecular weight is 370 g/mol. The maximum absolute atomic E-state index is 13.3. The number of nitrogens with zero attached hydrogens (tertiary/aromatic N) is 2. The van der Waals surface area contributed by atoms with E-state index in [2.05, 4.69) is 4.90 Å². The summed E-state index contributed by atoms with van der Waals surface area (Å²) in [5.74, 6) is 0.306. The average Bonchev–Trinajstić information content (AvgIpc) is 2.71. The highest BCUT2D eigenvalue weighted by Gasteiger charge is 2.51. The van der Waals surface area contributed by atoms with Gasteiger partial charge in [0.15, 0.2) is 0 Å². The Morgan fingerprint density at radius 2 is 1.89 bits per heavy atom. The SMILES string of the molecule is CN1CC(C(=O)N2CCC(O)(c3ccccc3)C3CCCCC32)CCC1=O. The fourth-order valence-electron chi connectivity index (χ4n) is 5.49. The number of carbonyl (C=O) groups excluding carboxylic acids is 2.